The zero-order valence-electron chi connectivity index (χ0n) is 8.77. The molecule has 0 rings (SSSR count). The normalized spacial score (nSPS) is 10.6. The molecule has 0 saturated carbocycles. The van der Waals surface area contributed by atoms with Crippen molar-refractivity contribution in [2.75, 3.05) is 0 Å². The fourth-order valence-electron chi connectivity index (χ4n) is 0. The van der Waals surface area contributed by atoms with Gasteiger partial charge < -0.3 is 58.7 Å². The maximum Gasteiger partial charge on any atom is 1.00 e. The van der Waals surface area contributed by atoms with E-state index in [0.717, 1.165) is 0 Å². The monoisotopic (exact) mass is 319 g/mol. The predicted molar refractivity (Wildman–Crippen MR) is 35.3 cm³/mol. The smallest absolute Gasteiger partial charge is 1.00 e. The van der Waals surface area contributed by atoms with Crippen LogP contribution in [0.2, 0.25) is 0 Å². The molecule has 0 bridgehead atoms. The van der Waals surface area contributed by atoms with Crippen LogP contribution in [0.1, 0.15) is 1.43 Å². The van der Waals surface area contributed by atoms with Crippen LogP contribution in [-0.4, -0.2) is 27.2 Å². The third-order valence-corrected chi connectivity index (χ3v) is 0. The van der Waals surface area contributed by atoms with Crippen LogP contribution in [0.25, 0.3) is 0 Å². The van der Waals surface area contributed by atoms with Gasteiger partial charge in [-0.05, 0) is 0 Å². The molecule has 0 aliphatic carbocycles. The van der Waals surface area contributed by atoms with Crippen LogP contribution in [0, 0.1) is 0 Å². The number of hydrogen-bond acceptors (Lipinski definition) is 0. The molecular weight excluding hydrogens is 316 g/mol. The van der Waals surface area contributed by atoms with Crippen LogP contribution < -0.4 is 51.4 Å². The van der Waals surface area contributed by atoms with Crippen LogP contribution in [0.3, 0.4) is 0 Å². The van der Waals surface area contributed by atoms with Crippen LogP contribution in [0.5, 0.6) is 0 Å². The largest absolute Gasteiger partial charge is 1.00 e. The zero-order valence-corrected chi connectivity index (χ0v) is 10.9. The van der Waals surface area contributed by atoms with E-state index in [2.05, 4.69) is 0 Å². The summed E-state index contributed by atoms with van der Waals surface area (Å²) in [7, 11) is -18.0. The van der Waals surface area contributed by atoms with Gasteiger partial charge in [-0.25, -0.2) is 0 Å². The maximum absolute atomic E-state index is 9.75. The van der Waals surface area contributed by atoms with E-state index in [-0.39, 0.29) is 58.3 Å². The standard InChI is InChI=1S/3BF4.K.H2O.H/c3*2-1(3,4)5;;;/h;;;;1H2;/q3*-1;+1;;-1. The van der Waals surface area contributed by atoms with Gasteiger partial charge >= 0.3 is 73.1 Å². The maximum atomic E-state index is 9.75. The molecule has 0 saturated heterocycles. The molecule has 0 aliphatic heterocycles. The minimum atomic E-state index is -6.00. The van der Waals surface area contributed by atoms with E-state index < -0.39 is 21.8 Å². The third-order valence-electron chi connectivity index (χ3n) is 0. The van der Waals surface area contributed by atoms with Crippen LogP contribution in [-0.2, 0) is 0 Å². The van der Waals surface area contributed by atoms with E-state index in [4.69, 9.17) is 0 Å². The van der Waals surface area contributed by atoms with E-state index in [1.807, 2.05) is 0 Å². The molecule has 0 aromatic heterocycles. The van der Waals surface area contributed by atoms with E-state index in [9.17, 15) is 51.8 Å². The molecule has 0 aliphatic rings. The number of hydrogen-bond donors (Lipinski definition) is 0. The van der Waals surface area contributed by atoms with Gasteiger partial charge in [-0.15, -0.1) is 0 Å². The summed E-state index contributed by atoms with van der Waals surface area (Å²) in [4.78, 5) is 0. The molecule has 0 aromatic rings. The molecule has 0 unspecified atom stereocenters. The van der Waals surface area contributed by atoms with Gasteiger partial charge in [0.2, 0.25) is 0 Å². The van der Waals surface area contributed by atoms with Crippen molar-refractivity contribution >= 4 is 21.8 Å². The van der Waals surface area contributed by atoms with Gasteiger partial charge in [-0.2, -0.15) is 0 Å². The van der Waals surface area contributed by atoms with Gasteiger partial charge in [0.05, 0.1) is 0 Å². The summed E-state index contributed by atoms with van der Waals surface area (Å²) in [6.07, 6.45) is 0. The topological polar surface area (TPSA) is 31.5 Å². The van der Waals surface area contributed by atoms with Gasteiger partial charge in [0.25, 0.3) is 0 Å². The van der Waals surface area contributed by atoms with Crippen molar-refractivity contribution in [1.82, 2.24) is 0 Å². The Morgan fingerprint density at radius 1 is 0.412 bits per heavy atom. The Labute approximate surface area is 131 Å². The second kappa shape index (κ2) is 12.0. The van der Waals surface area contributed by atoms with E-state index >= 15 is 0 Å². The van der Waals surface area contributed by atoms with Crippen molar-refractivity contribution < 1.29 is 110 Å². The zero-order chi connectivity index (χ0) is 13.5. The molecule has 0 spiro atoms. The molecule has 0 fully saturated rings. The summed E-state index contributed by atoms with van der Waals surface area (Å²) in [5, 5.41) is 0. The van der Waals surface area contributed by atoms with Crippen molar-refractivity contribution in [1.29, 1.82) is 0 Å². The molecule has 1 nitrogen and oxygen atoms in total. The number of rotatable bonds is 0. The van der Waals surface area contributed by atoms with Crippen LogP contribution in [0.4, 0.5) is 51.8 Å². The van der Waals surface area contributed by atoms with Crippen molar-refractivity contribution in [3.8, 4) is 0 Å². The van der Waals surface area contributed by atoms with Gasteiger partial charge in [-0.1, -0.05) is 0 Å². The molecule has 0 atom stereocenters. The van der Waals surface area contributed by atoms with Crippen LogP contribution >= 0.6 is 0 Å². The Kier molecular flexibility index (Phi) is 21.7. The average molecular weight is 319 g/mol. The Morgan fingerprint density at radius 2 is 0.412 bits per heavy atom. The SMILES string of the molecule is F[B-](F)(F)F.F[B-](F)(F)F.F[B-](F)(F)F.O.[H-].[K+]. The third kappa shape index (κ3) is 4190. The van der Waals surface area contributed by atoms with Gasteiger partial charge in [-0.3, -0.25) is 0 Å². The summed E-state index contributed by atoms with van der Waals surface area (Å²) in [5.74, 6) is 0. The minimum Gasteiger partial charge on any atom is -1.00 e. The first-order valence-electron chi connectivity index (χ1n) is 2.62. The van der Waals surface area contributed by atoms with Crippen molar-refractivity contribution in [2.24, 2.45) is 0 Å². The number of halogens is 12. The molecule has 2 N–H and O–H groups in total. The van der Waals surface area contributed by atoms with E-state index in [1.54, 1.807) is 0 Å². The summed E-state index contributed by atoms with van der Waals surface area (Å²) in [6, 6.07) is 0. The molecule has 0 heterocycles. The first kappa shape index (κ1) is 30.8. The fourth-order valence-corrected chi connectivity index (χ4v) is 0. The van der Waals surface area contributed by atoms with Gasteiger partial charge in [0.15, 0.2) is 0 Å². The average Bonchev–Trinajstić information content (AvgIpc) is 1.41. The van der Waals surface area contributed by atoms with Crippen LogP contribution in [0.15, 0.2) is 0 Å². The summed E-state index contributed by atoms with van der Waals surface area (Å²) in [6.45, 7) is 0. The Bertz CT molecular complexity index is 102. The molecule has 0 aromatic carbocycles. The molecule has 17 heteroatoms. The first-order chi connectivity index (χ1) is 6.00. The Hall–Kier alpha value is 0.951. The molecule has 17 heavy (non-hydrogen) atoms. The van der Waals surface area contributed by atoms with Gasteiger partial charge in [0.1, 0.15) is 0 Å². The van der Waals surface area contributed by atoms with E-state index in [0.29, 0.717) is 0 Å². The second-order valence-corrected chi connectivity index (χ2v) is 1.48. The Morgan fingerprint density at radius 3 is 0.412 bits per heavy atom. The quantitative estimate of drug-likeness (QED) is 0.451. The second-order valence-electron chi connectivity index (χ2n) is 1.48. The van der Waals surface area contributed by atoms with Gasteiger partial charge in [0, 0.05) is 0 Å². The fraction of sp³-hybridized carbons (Fsp3) is 0. The van der Waals surface area contributed by atoms with E-state index in [1.165, 1.54) is 0 Å². The summed E-state index contributed by atoms with van der Waals surface area (Å²) in [5.41, 5.74) is 0. The summed E-state index contributed by atoms with van der Waals surface area (Å²) >= 11 is 0. The molecule has 0 amide bonds. The summed E-state index contributed by atoms with van der Waals surface area (Å²) < 4.78 is 117. The predicted octanol–water partition coefficient (Wildman–Crippen LogP) is 0.192. The molecule has 106 valence electrons. The molecular formula is H3B3F12KO-3. The van der Waals surface area contributed by atoms with Crippen molar-refractivity contribution in [3.05, 3.63) is 0 Å². The Balaban J connectivity index is -0.0000000277. The van der Waals surface area contributed by atoms with Crippen molar-refractivity contribution in [2.45, 2.75) is 0 Å². The first-order valence-corrected chi connectivity index (χ1v) is 2.62. The minimum absolute atomic E-state index is 0. The van der Waals surface area contributed by atoms with Crippen molar-refractivity contribution in [3.63, 3.8) is 0 Å². The molecule has 0 radical (unpaired) electrons.